The van der Waals surface area contributed by atoms with Crippen LogP contribution in [-0.4, -0.2) is 15.4 Å². The molecular weight excluding hydrogens is 137 g/mol. The molecule has 1 rings (SSSR count). The molecule has 0 aliphatic rings. The zero-order valence-corrected chi connectivity index (χ0v) is 7.13. The van der Waals surface area contributed by atoms with Crippen molar-refractivity contribution in [3.63, 3.8) is 0 Å². The number of nitrogens with one attached hydrogen (secondary N) is 3. The van der Waals surface area contributed by atoms with Crippen LogP contribution in [0.4, 0.5) is 0 Å². The zero-order chi connectivity index (χ0) is 5.28. The number of hydrogen-bond donors (Lipinski definition) is 3. The second kappa shape index (κ2) is 3.24. The van der Waals surface area contributed by atoms with Crippen molar-refractivity contribution in [2.24, 2.45) is 0 Å². The Morgan fingerprint density at radius 3 is 2.25 bits per heavy atom. The number of H-pyrrole nitrogens is 3. The molecule has 0 bridgehead atoms. The maximum Gasteiger partial charge on any atom is 1.00 e. The van der Waals surface area contributed by atoms with E-state index in [1.54, 1.807) is 0 Å². The first-order valence-electron chi connectivity index (χ1n) is 1.66. The van der Waals surface area contributed by atoms with Crippen LogP contribution in [0.15, 0.2) is 4.79 Å². The van der Waals surface area contributed by atoms with Gasteiger partial charge in [0, 0.05) is 0 Å². The third-order valence-electron chi connectivity index (χ3n) is 0.558. The first kappa shape index (κ1) is 8.16. The molecule has 6 heteroatoms. The molecule has 4 nitrogen and oxygen atoms in total. The smallest absolute Gasteiger partial charge is 1.00 e. The Hall–Kier alpha value is 0.160. The summed E-state index contributed by atoms with van der Waals surface area (Å²) in [7, 11) is 0. The first-order valence-corrected chi connectivity index (χ1v) is 2.07. The summed E-state index contributed by atoms with van der Waals surface area (Å²) in [5.41, 5.74) is -0.282. The summed E-state index contributed by atoms with van der Waals surface area (Å²) in [6, 6.07) is 0. The molecule has 0 aliphatic carbocycles. The molecule has 0 aromatic carbocycles. The average Bonchev–Trinajstić information content (AvgIpc) is 1.91. The summed E-state index contributed by atoms with van der Waals surface area (Å²) in [6.45, 7) is 0. The van der Waals surface area contributed by atoms with Crippen molar-refractivity contribution in [1.82, 2.24) is 15.4 Å². The van der Waals surface area contributed by atoms with E-state index in [4.69, 9.17) is 0 Å². The largest absolute Gasteiger partial charge is 1.00 e. The molecule has 0 unspecified atom stereocenters. The van der Waals surface area contributed by atoms with Gasteiger partial charge >= 0.3 is 29.6 Å². The van der Waals surface area contributed by atoms with E-state index in [9.17, 15) is 4.79 Å². The Morgan fingerprint density at radius 2 is 2.12 bits per heavy atom. The predicted molar refractivity (Wildman–Crippen MR) is 27.7 cm³/mol. The quantitative estimate of drug-likeness (QED) is 0.264. The molecule has 0 atom stereocenters. The van der Waals surface area contributed by atoms with E-state index in [-0.39, 0.29) is 41.2 Å². The minimum Gasteiger partial charge on any atom is -1.00 e. The topological polar surface area (TPSA) is 64.4 Å². The van der Waals surface area contributed by atoms with Gasteiger partial charge in [-0.3, -0.25) is 9.89 Å². The van der Waals surface area contributed by atoms with Gasteiger partial charge in [-0.2, -0.15) is 0 Å². The Morgan fingerprint density at radius 1 is 1.50 bits per heavy atom. The monoisotopic (exact) mass is 141 g/mol. The molecule has 0 saturated carbocycles. The van der Waals surface area contributed by atoms with Gasteiger partial charge in [-0.05, 0) is 0 Å². The van der Waals surface area contributed by atoms with Gasteiger partial charge in [-0.1, -0.05) is 12.2 Å². The summed E-state index contributed by atoms with van der Waals surface area (Å²) in [4.78, 5) is 10.2. The van der Waals surface area contributed by atoms with Crippen LogP contribution in [0.25, 0.3) is 0 Å². The van der Waals surface area contributed by atoms with E-state index < -0.39 is 0 Å². The molecule has 0 radical (unpaired) electrons. The van der Waals surface area contributed by atoms with Gasteiger partial charge in [0.2, 0.25) is 0 Å². The number of aromatic nitrogens is 3. The molecular formula is C2H4N3NaOS. The Bertz CT molecular complexity index is 226. The van der Waals surface area contributed by atoms with Crippen molar-refractivity contribution in [1.29, 1.82) is 0 Å². The summed E-state index contributed by atoms with van der Waals surface area (Å²) < 4.78 is 0.181. The van der Waals surface area contributed by atoms with Crippen LogP contribution in [-0.2, 0) is 0 Å². The predicted octanol–water partition coefficient (Wildman–Crippen LogP) is -3.12. The minimum absolute atomic E-state index is 0. The maximum atomic E-state index is 10.2. The molecule has 0 aliphatic heterocycles. The standard InChI is InChI=1S/C2H3N3OS.Na.H/c6-1-2(7)4-5-3-1;;/h(H3,3,4,5,6,7);;/q;+1;-1. The minimum atomic E-state index is -0.282. The van der Waals surface area contributed by atoms with Gasteiger partial charge in [0.1, 0.15) is 0 Å². The Balaban J connectivity index is 0. The fraction of sp³-hybridized carbons (Fsp3) is 0. The second-order valence-corrected chi connectivity index (χ2v) is 1.44. The Labute approximate surface area is 73.4 Å². The zero-order valence-electron chi connectivity index (χ0n) is 5.32. The van der Waals surface area contributed by atoms with Crippen LogP contribution < -0.4 is 35.1 Å². The maximum absolute atomic E-state index is 10.2. The van der Waals surface area contributed by atoms with Crippen molar-refractivity contribution in [2.45, 2.75) is 0 Å². The molecule has 8 heavy (non-hydrogen) atoms. The van der Waals surface area contributed by atoms with Gasteiger partial charge in [-0.15, -0.1) is 0 Å². The van der Waals surface area contributed by atoms with E-state index >= 15 is 0 Å². The average molecular weight is 141 g/mol. The summed E-state index contributed by atoms with van der Waals surface area (Å²) in [5, 5.41) is 6.95. The summed E-state index contributed by atoms with van der Waals surface area (Å²) in [5.74, 6) is 0. The van der Waals surface area contributed by atoms with Gasteiger partial charge in [-0.25, -0.2) is 10.3 Å². The van der Waals surface area contributed by atoms with Crippen LogP contribution in [0, 0.1) is 4.64 Å². The van der Waals surface area contributed by atoms with Crippen LogP contribution in [0.1, 0.15) is 1.43 Å². The van der Waals surface area contributed by atoms with E-state index in [1.807, 2.05) is 0 Å². The third kappa shape index (κ3) is 1.59. The van der Waals surface area contributed by atoms with Crippen molar-refractivity contribution in [2.75, 3.05) is 0 Å². The molecule has 0 amide bonds. The van der Waals surface area contributed by atoms with Crippen molar-refractivity contribution >= 4 is 12.2 Å². The fourth-order valence-electron chi connectivity index (χ4n) is 0.258. The number of hydrogen-bond acceptors (Lipinski definition) is 2. The van der Waals surface area contributed by atoms with E-state index in [0.717, 1.165) is 0 Å². The van der Waals surface area contributed by atoms with Crippen LogP contribution in [0.5, 0.6) is 0 Å². The Kier molecular flexibility index (Phi) is 3.30. The number of aromatic amines is 3. The fourth-order valence-corrected chi connectivity index (χ4v) is 0.360. The summed E-state index contributed by atoms with van der Waals surface area (Å²) in [6.07, 6.45) is 0. The van der Waals surface area contributed by atoms with E-state index in [1.165, 1.54) is 0 Å². The molecule has 0 fully saturated rings. The van der Waals surface area contributed by atoms with Crippen molar-refractivity contribution in [3.05, 3.63) is 15.0 Å². The SMILES string of the molecule is O=c1[nH][nH][nH]c1=S.[H-].[Na+]. The van der Waals surface area contributed by atoms with Crippen molar-refractivity contribution in [3.8, 4) is 0 Å². The molecule has 1 aromatic heterocycles. The van der Waals surface area contributed by atoms with Gasteiger partial charge in [0.25, 0.3) is 5.56 Å². The van der Waals surface area contributed by atoms with E-state index in [2.05, 4.69) is 27.6 Å². The molecule has 1 aromatic rings. The van der Waals surface area contributed by atoms with Crippen LogP contribution in [0.3, 0.4) is 0 Å². The van der Waals surface area contributed by atoms with Crippen LogP contribution >= 0.6 is 12.2 Å². The molecule has 0 spiro atoms. The van der Waals surface area contributed by atoms with Gasteiger partial charge < -0.3 is 1.43 Å². The normalized spacial score (nSPS) is 8.00. The van der Waals surface area contributed by atoms with Gasteiger partial charge in [0.05, 0.1) is 0 Å². The molecule has 40 valence electrons. The van der Waals surface area contributed by atoms with Crippen molar-refractivity contribution < 1.29 is 31.0 Å². The molecule has 1 heterocycles. The summed E-state index contributed by atoms with van der Waals surface area (Å²) >= 11 is 4.46. The van der Waals surface area contributed by atoms with Gasteiger partial charge in [0.15, 0.2) is 4.64 Å². The van der Waals surface area contributed by atoms with E-state index in [0.29, 0.717) is 0 Å². The molecule has 0 saturated heterocycles. The van der Waals surface area contributed by atoms with Crippen LogP contribution in [0.2, 0.25) is 0 Å². The second-order valence-electron chi connectivity index (χ2n) is 1.03. The first-order chi connectivity index (χ1) is 3.30. The third-order valence-corrected chi connectivity index (χ3v) is 0.846. The number of rotatable bonds is 0. The molecule has 3 N–H and O–H groups in total.